The Hall–Kier alpha value is -1.95. The van der Waals surface area contributed by atoms with Crippen LogP contribution in [-0.4, -0.2) is 35.0 Å². The average molecular weight is 264 g/mol. The summed E-state index contributed by atoms with van der Waals surface area (Å²) in [5, 5.41) is 20.0. The molecule has 0 aliphatic heterocycles. The number of Topliss-reactive ketones (excluding diaryl/α,β-unsaturated/α-hetero) is 1. The van der Waals surface area contributed by atoms with Gasteiger partial charge < -0.3 is 10.0 Å². The van der Waals surface area contributed by atoms with Crippen molar-refractivity contribution in [1.82, 2.24) is 0 Å². The Morgan fingerprint density at radius 3 is 2.68 bits per heavy atom. The second-order valence-corrected chi connectivity index (χ2v) is 4.66. The van der Waals surface area contributed by atoms with Gasteiger partial charge in [0.15, 0.2) is 5.78 Å². The van der Waals surface area contributed by atoms with E-state index >= 15 is 0 Å². The van der Waals surface area contributed by atoms with E-state index < -0.39 is 4.92 Å². The minimum atomic E-state index is -0.548. The van der Waals surface area contributed by atoms with Crippen molar-refractivity contribution in [1.29, 1.82) is 0 Å². The van der Waals surface area contributed by atoms with Crippen molar-refractivity contribution in [2.45, 2.75) is 25.8 Å². The lowest BCUT2D eigenvalue weighted by molar-refractivity contribution is -0.385. The molecular formula is C13H16N2O4. The van der Waals surface area contributed by atoms with Crippen LogP contribution in [-0.2, 0) is 0 Å². The van der Waals surface area contributed by atoms with Crippen molar-refractivity contribution in [3.63, 3.8) is 0 Å². The monoisotopic (exact) mass is 264 g/mol. The summed E-state index contributed by atoms with van der Waals surface area (Å²) in [6.45, 7) is 1.81. The molecule has 0 amide bonds. The summed E-state index contributed by atoms with van der Waals surface area (Å²) in [5.74, 6) is -0.326. The van der Waals surface area contributed by atoms with Crippen LogP contribution in [0.2, 0.25) is 0 Å². The fourth-order valence-corrected chi connectivity index (χ4v) is 2.16. The molecule has 19 heavy (non-hydrogen) atoms. The summed E-state index contributed by atoms with van der Waals surface area (Å²) in [4.78, 5) is 23.8. The second kappa shape index (κ2) is 5.36. The van der Waals surface area contributed by atoms with Crippen LogP contribution in [0, 0.1) is 10.1 Å². The predicted octanol–water partition coefficient (Wildman–Crippen LogP) is 1.76. The van der Waals surface area contributed by atoms with Crippen LogP contribution in [0.3, 0.4) is 0 Å². The number of aliphatic hydroxyl groups is 1. The van der Waals surface area contributed by atoms with Gasteiger partial charge in [0.1, 0.15) is 0 Å². The van der Waals surface area contributed by atoms with Gasteiger partial charge in [-0.15, -0.1) is 0 Å². The maximum Gasteiger partial charge on any atom is 0.280 e. The Morgan fingerprint density at radius 1 is 1.53 bits per heavy atom. The van der Waals surface area contributed by atoms with Gasteiger partial charge in [-0.1, -0.05) is 0 Å². The van der Waals surface area contributed by atoms with Gasteiger partial charge in [0.2, 0.25) is 0 Å². The molecule has 0 atom stereocenters. The van der Waals surface area contributed by atoms with Crippen molar-refractivity contribution < 1.29 is 14.8 Å². The van der Waals surface area contributed by atoms with Gasteiger partial charge in [-0.05, 0) is 31.9 Å². The molecule has 2 rings (SSSR count). The Labute approximate surface area is 110 Å². The molecule has 6 heteroatoms. The van der Waals surface area contributed by atoms with Crippen LogP contribution >= 0.6 is 0 Å². The minimum Gasteiger partial charge on any atom is -0.395 e. The Balaban J connectivity index is 2.38. The van der Waals surface area contributed by atoms with Crippen molar-refractivity contribution in [3.8, 4) is 0 Å². The van der Waals surface area contributed by atoms with Gasteiger partial charge in [0.05, 0.1) is 17.1 Å². The summed E-state index contributed by atoms with van der Waals surface area (Å²) in [7, 11) is 0. The van der Waals surface area contributed by atoms with Crippen molar-refractivity contribution in [2.24, 2.45) is 0 Å². The fourth-order valence-electron chi connectivity index (χ4n) is 2.16. The summed E-state index contributed by atoms with van der Waals surface area (Å²) >= 11 is 0. The van der Waals surface area contributed by atoms with Gasteiger partial charge in [-0.25, -0.2) is 0 Å². The minimum absolute atomic E-state index is 0.0168. The first-order chi connectivity index (χ1) is 9.04. The zero-order valence-electron chi connectivity index (χ0n) is 10.7. The SMILES string of the molecule is CC(=O)c1cc(N(CCO)C2CC2)ccc1[N+](=O)[O-]. The predicted molar refractivity (Wildman–Crippen MR) is 70.6 cm³/mol. The molecule has 1 N–H and O–H groups in total. The first-order valence-corrected chi connectivity index (χ1v) is 6.21. The number of carbonyl (C=O) groups excluding carboxylic acids is 1. The quantitative estimate of drug-likeness (QED) is 0.481. The average Bonchev–Trinajstić information content (AvgIpc) is 3.19. The van der Waals surface area contributed by atoms with Gasteiger partial charge in [0, 0.05) is 24.3 Å². The van der Waals surface area contributed by atoms with E-state index in [-0.39, 0.29) is 23.6 Å². The van der Waals surface area contributed by atoms with Crippen LogP contribution < -0.4 is 4.90 Å². The third-order valence-corrected chi connectivity index (χ3v) is 3.22. The maximum atomic E-state index is 11.5. The number of ketones is 1. The summed E-state index contributed by atoms with van der Waals surface area (Å²) < 4.78 is 0. The first kappa shape index (κ1) is 13.5. The lowest BCUT2D eigenvalue weighted by Crippen LogP contribution is -2.29. The van der Waals surface area contributed by atoms with E-state index in [9.17, 15) is 14.9 Å². The van der Waals surface area contributed by atoms with E-state index in [0.29, 0.717) is 12.6 Å². The van der Waals surface area contributed by atoms with E-state index in [1.165, 1.54) is 13.0 Å². The molecule has 0 saturated heterocycles. The van der Waals surface area contributed by atoms with Gasteiger partial charge >= 0.3 is 0 Å². The van der Waals surface area contributed by atoms with Crippen LogP contribution in [0.1, 0.15) is 30.1 Å². The molecule has 1 aromatic rings. The lowest BCUT2D eigenvalue weighted by atomic mass is 10.1. The highest BCUT2D eigenvalue weighted by Crippen LogP contribution is 2.33. The normalized spacial score (nSPS) is 14.2. The summed E-state index contributed by atoms with van der Waals surface area (Å²) in [6, 6.07) is 4.92. The molecule has 1 aliphatic carbocycles. The smallest absolute Gasteiger partial charge is 0.280 e. The van der Waals surface area contributed by atoms with Crippen LogP contribution in [0.25, 0.3) is 0 Å². The maximum absolute atomic E-state index is 11.5. The number of hydrogen-bond donors (Lipinski definition) is 1. The zero-order chi connectivity index (χ0) is 14.0. The largest absolute Gasteiger partial charge is 0.395 e. The molecule has 0 radical (unpaired) electrons. The lowest BCUT2D eigenvalue weighted by Gasteiger charge is -2.24. The number of hydrogen-bond acceptors (Lipinski definition) is 5. The zero-order valence-corrected chi connectivity index (χ0v) is 10.7. The van der Waals surface area contributed by atoms with E-state index in [4.69, 9.17) is 5.11 Å². The van der Waals surface area contributed by atoms with E-state index in [2.05, 4.69) is 0 Å². The Morgan fingerprint density at radius 2 is 2.21 bits per heavy atom. The number of rotatable bonds is 6. The molecule has 1 saturated carbocycles. The molecule has 1 aromatic carbocycles. The molecule has 0 aromatic heterocycles. The number of nitro benzene ring substituents is 1. The molecular weight excluding hydrogens is 248 g/mol. The highest BCUT2D eigenvalue weighted by molar-refractivity contribution is 5.99. The highest BCUT2D eigenvalue weighted by atomic mass is 16.6. The van der Waals surface area contributed by atoms with Crippen molar-refractivity contribution in [3.05, 3.63) is 33.9 Å². The Kier molecular flexibility index (Phi) is 3.80. The molecule has 0 spiro atoms. The number of benzene rings is 1. The molecule has 6 nitrogen and oxygen atoms in total. The Bertz CT molecular complexity index is 511. The van der Waals surface area contributed by atoms with Crippen LogP contribution in [0.5, 0.6) is 0 Å². The standard InChI is InChI=1S/C13H16N2O4/c1-9(17)12-8-11(4-5-13(12)15(18)19)14(6-7-16)10-2-3-10/h4-5,8,10,16H,2-3,6-7H2,1H3. The van der Waals surface area contributed by atoms with E-state index in [1.807, 2.05) is 4.90 Å². The van der Waals surface area contributed by atoms with Crippen LogP contribution in [0.15, 0.2) is 18.2 Å². The molecule has 0 unspecified atom stereocenters. The number of nitrogens with zero attached hydrogens (tertiary/aromatic N) is 2. The van der Waals surface area contributed by atoms with Gasteiger partial charge in [-0.2, -0.15) is 0 Å². The van der Waals surface area contributed by atoms with E-state index in [0.717, 1.165) is 18.5 Å². The van der Waals surface area contributed by atoms with Crippen LogP contribution in [0.4, 0.5) is 11.4 Å². The van der Waals surface area contributed by atoms with Gasteiger partial charge in [-0.3, -0.25) is 14.9 Å². The molecule has 102 valence electrons. The number of anilines is 1. The highest BCUT2D eigenvalue weighted by Gasteiger charge is 2.30. The van der Waals surface area contributed by atoms with Crippen molar-refractivity contribution >= 4 is 17.2 Å². The third kappa shape index (κ3) is 2.90. The van der Waals surface area contributed by atoms with Gasteiger partial charge in [0.25, 0.3) is 5.69 Å². The molecule has 1 fully saturated rings. The molecule has 0 heterocycles. The first-order valence-electron chi connectivity index (χ1n) is 6.21. The fraction of sp³-hybridized carbons (Fsp3) is 0.462. The summed E-state index contributed by atoms with van der Waals surface area (Å²) in [5.41, 5.74) is 0.703. The second-order valence-electron chi connectivity index (χ2n) is 4.66. The molecule has 1 aliphatic rings. The summed E-state index contributed by atoms with van der Waals surface area (Å²) in [6.07, 6.45) is 2.10. The molecule has 0 bridgehead atoms. The number of aliphatic hydroxyl groups excluding tert-OH is 1. The number of carbonyl (C=O) groups is 1. The topological polar surface area (TPSA) is 83.7 Å². The third-order valence-electron chi connectivity index (χ3n) is 3.22. The van der Waals surface area contributed by atoms with Crippen molar-refractivity contribution in [2.75, 3.05) is 18.1 Å². The number of nitro groups is 1. The van der Waals surface area contributed by atoms with E-state index in [1.54, 1.807) is 12.1 Å².